The van der Waals surface area contributed by atoms with Gasteiger partial charge in [0.15, 0.2) is 0 Å². The minimum absolute atomic E-state index is 0.0170. The number of rotatable bonds is 11. The maximum absolute atomic E-state index is 13.6. The van der Waals surface area contributed by atoms with Gasteiger partial charge < -0.3 is 26.8 Å². The number of pyridine rings is 2. The van der Waals surface area contributed by atoms with E-state index in [0.717, 1.165) is 24.5 Å². The number of nitrogens with zero attached hydrogens (tertiary/aromatic N) is 3. The van der Waals surface area contributed by atoms with Crippen molar-refractivity contribution in [2.24, 2.45) is 5.73 Å². The van der Waals surface area contributed by atoms with E-state index in [1.807, 2.05) is 30.3 Å². The minimum Gasteiger partial charge on any atom is -0.397 e. The number of nitriles is 1. The number of nitrogens with two attached hydrogens (primary N) is 1. The third kappa shape index (κ3) is 6.16. The van der Waals surface area contributed by atoms with Crippen LogP contribution in [0.4, 0.5) is 20.2 Å². The summed E-state index contributed by atoms with van der Waals surface area (Å²) in [6.45, 7) is -0.579. The van der Waals surface area contributed by atoms with Crippen LogP contribution in [0.25, 0.3) is 10.9 Å². The zero-order chi connectivity index (χ0) is 29.0. The van der Waals surface area contributed by atoms with Crippen LogP contribution in [-0.4, -0.2) is 27.8 Å². The molecule has 11 heteroatoms. The normalized spacial score (nSPS) is 15.5. The molecule has 2 heterocycles. The van der Waals surface area contributed by atoms with Gasteiger partial charge in [-0.1, -0.05) is 41.9 Å². The lowest BCUT2D eigenvalue weighted by molar-refractivity contribution is 0.105. The number of hydrogen-bond acceptors (Lipinski definition) is 8. The minimum atomic E-state index is -2.01. The molecule has 0 saturated heterocycles. The number of anilines is 2. The fraction of sp³-hybridized carbons (Fsp3) is 0.233. The molecule has 6 N–H and O–H groups in total. The summed E-state index contributed by atoms with van der Waals surface area (Å²) in [5.74, 6) is -0.712. The highest BCUT2D eigenvalue weighted by Gasteiger charge is 2.34. The molecule has 2 atom stereocenters. The van der Waals surface area contributed by atoms with Crippen LogP contribution in [0.5, 0.6) is 0 Å². The van der Waals surface area contributed by atoms with Gasteiger partial charge >= 0.3 is 0 Å². The lowest BCUT2D eigenvalue weighted by Crippen LogP contribution is -2.41. The SMILES string of the molecule is N#Cc1cnc2c(Cl)cc(NC(O)(/C(N)=C/NC3CC3)c3ccc(F)nc3)cc2c1NC(CCF)c1ccccc1. The molecule has 5 rings (SSSR count). The van der Waals surface area contributed by atoms with Crippen molar-refractivity contribution < 1.29 is 13.9 Å². The van der Waals surface area contributed by atoms with Crippen LogP contribution in [0.2, 0.25) is 5.02 Å². The Balaban J connectivity index is 1.60. The van der Waals surface area contributed by atoms with Gasteiger partial charge in [0, 0.05) is 47.7 Å². The molecule has 2 unspecified atom stereocenters. The van der Waals surface area contributed by atoms with Crippen molar-refractivity contribution in [1.82, 2.24) is 15.3 Å². The van der Waals surface area contributed by atoms with E-state index in [2.05, 4.69) is 32.0 Å². The second-order valence-electron chi connectivity index (χ2n) is 9.84. The number of alkyl halides is 1. The van der Waals surface area contributed by atoms with Crippen molar-refractivity contribution in [2.75, 3.05) is 17.3 Å². The van der Waals surface area contributed by atoms with Gasteiger partial charge in [0.1, 0.15) is 6.07 Å². The Morgan fingerprint density at radius 2 is 1.98 bits per heavy atom. The molecule has 41 heavy (non-hydrogen) atoms. The fourth-order valence-electron chi connectivity index (χ4n) is 4.53. The predicted octanol–water partition coefficient (Wildman–Crippen LogP) is 5.62. The highest BCUT2D eigenvalue weighted by molar-refractivity contribution is 6.35. The Kier molecular flexibility index (Phi) is 8.19. The van der Waals surface area contributed by atoms with E-state index in [9.17, 15) is 19.1 Å². The molecule has 0 bridgehead atoms. The van der Waals surface area contributed by atoms with Crippen molar-refractivity contribution in [2.45, 2.75) is 37.1 Å². The number of nitrogens with one attached hydrogen (secondary N) is 3. The third-order valence-electron chi connectivity index (χ3n) is 6.90. The molecule has 1 saturated carbocycles. The molecule has 0 spiro atoms. The summed E-state index contributed by atoms with van der Waals surface area (Å²) in [6, 6.07) is 17.0. The quantitative estimate of drug-likeness (QED) is 0.115. The highest BCUT2D eigenvalue weighted by Crippen LogP contribution is 2.38. The molecule has 1 aliphatic carbocycles. The first kappa shape index (κ1) is 28.1. The van der Waals surface area contributed by atoms with E-state index < -0.39 is 24.4 Å². The van der Waals surface area contributed by atoms with Gasteiger partial charge in [-0.2, -0.15) is 9.65 Å². The van der Waals surface area contributed by atoms with Crippen LogP contribution < -0.4 is 21.7 Å². The van der Waals surface area contributed by atoms with Crippen LogP contribution >= 0.6 is 11.6 Å². The smallest absolute Gasteiger partial charge is 0.212 e. The van der Waals surface area contributed by atoms with E-state index >= 15 is 0 Å². The fourth-order valence-corrected chi connectivity index (χ4v) is 4.80. The average molecular weight is 576 g/mol. The molecule has 1 fully saturated rings. The molecule has 2 aromatic heterocycles. The zero-order valence-electron chi connectivity index (χ0n) is 21.9. The second-order valence-corrected chi connectivity index (χ2v) is 10.3. The molecular weight excluding hydrogens is 548 g/mol. The first-order valence-corrected chi connectivity index (χ1v) is 13.4. The van der Waals surface area contributed by atoms with E-state index in [4.69, 9.17) is 17.3 Å². The van der Waals surface area contributed by atoms with Gasteiger partial charge in [0.25, 0.3) is 0 Å². The maximum Gasteiger partial charge on any atom is 0.212 e. The molecule has 4 aromatic rings. The summed E-state index contributed by atoms with van der Waals surface area (Å²) in [6.07, 6.45) is 6.25. The van der Waals surface area contributed by atoms with E-state index in [-0.39, 0.29) is 34.3 Å². The summed E-state index contributed by atoms with van der Waals surface area (Å²) < 4.78 is 27.2. The number of aliphatic hydroxyl groups is 1. The number of fused-ring (bicyclic) bond motifs is 1. The summed E-state index contributed by atoms with van der Waals surface area (Å²) in [5.41, 5.74) is 6.79. The van der Waals surface area contributed by atoms with Crippen LogP contribution in [0.15, 0.2) is 78.9 Å². The van der Waals surface area contributed by atoms with Crippen molar-refractivity contribution in [1.29, 1.82) is 5.26 Å². The molecule has 0 amide bonds. The number of aromatic nitrogens is 2. The van der Waals surface area contributed by atoms with Gasteiger partial charge in [0.05, 0.1) is 40.2 Å². The van der Waals surface area contributed by atoms with Crippen LogP contribution in [0.1, 0.15) is 42.0 Å². The molecule has 0 aliphatic heterocycles. The van der Waals surface area contributed by atoms with Crippen molar-refractivity contribution >= 4 is 33.9 Å². The molecule has 1 aliphatic rings. The number of hydrogen-bond donors (Lipinski definition) is 5. The van der Waals surface area contributed by atoms with Gasteiger partial charge in [-0.25, -0.2) is 4.98 Å². The van der Waals surface area contributed by atoms with Gasteiger partial charge in [-0.15, -0.1) is 0 Å². The Bertz CT molecular complexity index is 1610. The Morgan fingerprint density at radius 3 is 2.63 bits per heavy atom. The largest absolute Gasteiger partial charge is 0.397 e. The van der Waals surface area contributed by atoms with E-state index in [0.29, 0.717) is 22.3 Å². The summed E-state index contributed by atoms with van der Waals surface area (Å²) in [5, 5.41) is 32.0. The van der Waals surface area contributed by atoms with Crippen LogP contribution in [0, 0.1) is 17.3 Å². The van der Waals surface area contributed by atoms with Crippen LogP contribution in [0.3, 0.4) is 0 Å². The monoisotopic (exact) mass is 575 g/mol. The predicted molar refractivity (Wildman–Crippen MR) is 155 cm³/mol. The molecule has 2 aromatic carbocycles. The lowest BCUT2D eigenvalue weighted by Gasteiger charge is -2.31. The zero-order valence-corrected chi connectivity index (χ0v) is 22.7. The molecule has 0 radical (unpaired) electrons. The Morgan fingerprint density at radius 1 is 1.20 bits per heavy atom. The summed E-state index contributed by atoms with van der Waals surface area (Å²) in [7, 11) is 0. The van der Waals surface area contributed by atoms with Gasteiger partial charge in [-0.3, -0.25) is 9.37 Å². The van der Waals surface area contributed by atoms with Crippen LogP contribution in [-0.2, 0) is 5.72 Å². The summed E-state index contributed by atoms with van der Waals surface area (Å²) >= 11 is 6.66. The van der Waals surface area contributed by atoms with E-state index in [1.54, 1.807) is 12.1 Å². The third-order valence-corrected chi connectivity index (χ3v) is 7.19. The van der Waals surface area contributed by atoms with E-state index in [1.165, 1.54) is 24.7 Å². The molecular formula is C30H28ClF2N7O. The number of halogens is 3. The average Bonchev–Trinajstić information content (AvgIpc) is 3.81. The lowest BCUT2D eigenvalue weighted by atomic mass is 10.00. The Labute approximate surface area is 240 Å². The topological polar surface area (TPSA) is 132 Å². The summed E-state index contributed by atoms with van der Waals surface area (Å²) in [4.78, 5) is 8.06. The highest BCUT2D eigenvalue weighted by atomic mass is 35.5. The maximum atomic E-state index is 13.6. The van der Waals surface area contributed by atoms with Crippen molar-refractivity contribution in [3.05, 3.63) is 107 Å². The first-order chi connectivity index (χ1) is 19.8. The van der Waals surface area contributed by atoms with Gasteiger partial charge in [-0.05, 0) is 42.7 Å². The second kappa shape index (κ2) is 12.0. The standard InChI is InChI=1S/C30H28ClF2N7O/c31-24-13-22(40-30(41,20-6-9-27(33)37-16-20)26(35)17-36-21-7-8-21)12-23-28(19(14-34)15-38-29(23)24)39-25(10-11-32)18-4-2-1-3-5-18/h1-6,9,12-13,15-17,21,25,36,40-41H,7-8,10-11,35H2,(H,38,39)/b26-17-. The molecule has 210 valence electrons. The molecule has 8 nitrogen and oxygen atoms in total. The Hall–Kier alpha value is -4.46. The van der Waals surface area contributed by atoms with Crippen molar-refractivity contribution in [3.8, 4) is 6.07 Å². The first-order valence-electron chi connectivity index (χ1n) is 13.1. The number of benzene rings is 2. The van der Waals surface area contributed by atoms with Crippen molar-refractivity contribution in [3.63, 3.8) is 0 Å². The van der Waals surface area contributed by atoms with Gasteiger partial charge in [0.2, 0.25) is 11.7 Å².